The molecule has 0 atom stereocenters. The first-order valence-electron chi connectivity index (χ1n) is 9.60. The summed E-state index contributed by atoms with van der Waals surface area (Å²) in [6.45, 7) is 4.20. The van der Waals surface area contributed by atoms with Crippen molar-refractivity contribution in [1.82, 2.24) is 20.0 Å². The molecule has 0 aromatic carbocycles. The van der Waals surface area contributed by atoms with Gasteiger partial charge in [0, 0.05) is 39.8 Å². The molecule has 0 N–H and O–H groups in total. The van der Waals surface area contributed by atoms with E-state index in [9.17, 15) is 19.2 Å². The van der Waals surface area contributed by atoms with Gasteiger partial charge >= 0.3 is 0 Å². The standard InChI is InChI=1S/C18H28N4O4/c1-13(23)21(19-11-3-5-17(19)25)15-7-9-16(10-8-15)22(14(2)24)20-12-4-6-18(20)26/h15-16H,3-12H2,1-2H3. The van der Waals surface area contributed by atoms with Crippen LogP contribution in [0.15, 0.2) is 0 Å². The summed E-state index contributed by atoms with van der Waals surface area (Å²) < 4.78 is 0. The van der Waals surface area contributed by atoms with Crippen LogP contribution in [0, 0.1) is 0 Å². The molecule has 8 heteroatoms. The van der Waals surface area contributed by atoms with Crippen molar-refractivity contribution in [2.75, 3.05) is 13.1 Å². The SMILES string of the molecule is CC(=O)N(C1CCC(N(C(C)=O)N2CCCC2=O)CC1)N1CCCC1=O. The third-order valence-electron chi connectivity index (χ3n) is 5.62. The van der Waals surface area contributed by atoms with Gasteiger partial charge in [-0.15, -0.1) is 0 Å². The average molecular weight is 364 g/mol. The molecule has 3 rings (SSSR count). The van der Waals surface area contributed by atoms with E-state index in [1.807, 2.05) is 0 Å². The van der Waals surface area contributed by atoms with E-state index in [0.29, 0.717) is 25.9 Å². The maximum atomic E-state index is 12.2. The molecule has 2 heterocycles. The van der Waals surface area contributed by atoms with E-state index in [1.165, 1.54) is 13.8 Å². The van der Waals surface area contributed by atoms with E-state index in [2.05, 4.69) is 0 Å². The second-order valence-corrected chi connectivity index (χ2v) is 7.43. The smallest absolute Gasteiger partial charge is 0.241 e. The summed E-state index contributed by atoms with van der Waals surface area (Å²) in [5.74, 6) is -0.200. The molecule has 1 saturated carbocycles. The minimum atomic E-state index is -0.109. The second kappa shape index (κ2) is 7.63. The molecule has 0 radical (unpaired) electrons. The van der Waals surface area contributed by atoms with E-state index in [-0.39, 0.29) is 35.7 Å². The van der Waals surface area contributed by atoms with Gasteiger partial charge in [-0.3, -0.25) is 29.2 Å². The summed E-state index contributed by atoms with van der Waals surface area (Å²) in [5, 5.41) is 6.45. The molecule has 26 heavy (non-hydrogen) atoms. The zero-order valence-corrected chi connectivity index (χ0v) is 15.6. The van der Waals surface area contributed by atoms with Crippen LogP contribution in [0.1, 0.15) is 65.2 Å². The van der Waals surface area contributed by atoms with Crippen molar-refractivity contribution in [2.45, 2.75) is 77.3 Å². The Morgan fingerprint density at radius 1 is 0.769 bits per heavy atom. The van der Waals surface area contributed by atoms with Crippen LogP contribution in [-0.4, -0.2) is 68.8 Å². The average Bonchev–Trinajstić information content (AvgIpc) is 3.18. The van der Waals surface area contributed by atoms with Crippen molar-refractivity contribution in [3.8, 4) is 0 Å². The Labute approximate surface area is 154 Å². The topological polar surface area (TPSA) is 81.2 Å². The Morgan fingerprint density at radius 2 is 1.12 bits per heavy atom. The highest BCUT2D eigenvalue weighted by Gasteiger charge is 2.39. The molecular weight excluding hydrogens is 336 g/mol. The molecule has 144 valence electrons. The van der Waals surface area contributed by atoms with Gasteiger partial charge in [0.05, 0.1) is 12.1 Å². The largest absolute Gasteiger partial charge is 0.273 e. The molecule has 8 nitrogen and oxygen atoms in total. The highest BCUT2D eigenvalue weighted by molar-refractivity contribution is 5.83. The first-order chi connectivity index (χ1) is 12.4. The van der Waals surface area contributed by atoms with Gasteiger partial charge in [-0.1, -0.05) is 0 Å². The Kier molecular flexibility index (Phi) is 5.48. The molecule has 0 aromatic rings. The molecular formula is C18H28N4O4. The van der Waals surface area contributed by atoms with Crippen molar-refractivity contribution in [3.05, 3.63) is 0 Å². The summed E-state index contributed by atoms with van der Waals surface area (Å²) in [6.07, 6.45) is 5.45. The third-order valence-corrected chi connectivity index (χ3v) is 5.62. The summed E-state index contributed by atoms with van der Waals surface area (Å²) in [4.78, 5) is 48.5. The molecule has 3 fully saturated rings. The number of amides is 4. The van der Waals surface area contributed by atoms with Crippen LogP contribution >= 0.6 is 0 Å². The Hall–Kier alpha value is -2.12. The van der Waals surface area contributed by atoms with Crippen molar-refractivity contribution < 1.29 is 19.2 Å². The fourth-order valence-corrected chi connectivity index (χ4v) is 4.52. The van der Waals surface area contributed by atoms with Gasteiger partial charge in [-0.25, -0.2) is 10.0 Å². The Balaban J connectivity index is 1.67. The van der Waals surface area contributed by atoms with Crippen molar-refractivity contribution >= 4 is 23.6 Å². The first-order valence-corrected chi connectivity index (χ1v) is 9.60. The molecule has 1 aliphatic carbocycles. The maximum Gasteiger partial charge on any atom is 0.241 e. The van der Waals surface area contributed by atoms with E-state index in [4.69, 9.17) is 0 Å². The summed E-state index contributed by atoms with van der Waals surface area (Å²) in [5.41, 5.74) is 0. The lowest BCUT2D eigenvalue weighted by atomic mass is 9.90. The van der Waals surface area contributed by atoms with E-state index >= 15 is 0 Å². The van der Waals surface area contributed by atoms with Crippen LogP contribution < -0.4 is 0 Å². The van der Waals surface area contributed by atoms with E-state index < -0.39 is 0 Å². The van der Waals surface area contributed by atoms with Crippen LogP contribution in [0.3, 0.4) is 0 Å². The lowest BCUT2D eigenvalue weighted by Gasteiger charge is -2.44. The number of nitrogens with zero attached hydrogens (tertiary/aromatic N) is 4. The monoisotopic (exact) mass is 364 g/mol. The number of rotatable bonds is 4. The molecule has 3 aliphatic rings. The van der Waals surface area contributed by atoms with E-state index in [0.717, 1.165) is 38.5 Å². The van der Waals surface area contributed by atoms with Gasteiger partial charge in [-0.2, -0.15) is 0 Å². The number of hydrogen-bond donors (Lipinski definition) is 0. The van der Waals surface area contributed by atoms with Crippen LogP contribution in [0.25, 0.3) is 0 Å². The predicted octanol–water partition coefficient (Wildman–Crippen LogP) is 1.07. The minimum Gasteiger partial charge on any atom is -0.273 e. The van der Waals surface area contributed by atoms with Crippen molar-refractivity contribution in [3.63, 3.8) is 0 Å². The first kappa shape index (κ1) is 18.7. The van der Waals surface area contributed by atoms with Crippen LogP contribution in [0.4, 0.5) is 0 Å². The number of hydrazine groups is 2. The van der Waals surface area contributed by atoms with Gasteiger partial charge in [0.2, 0.25) is 23.6 Å². The third kappa shape index (κ3) is 3.54. The molecule has 0 unspecified atom stereocenters. The molecule has 0 aromatic heterocycles. The second-order valence-electron chi connectivity index (χ2n) is 7.43. The lowest BCUT2D eigenvalue weighted by Crippen LogP contribution is -2.56. The van der Waals surface area contributed by atoms with E-state index in [1.54, 1.807) is 20.0 Å². The number of carbonyl (C=O) groups excluding carboxylic acids is 4. The molecule has 2 aliphatic heterocycles. The van der Waals surface area contributed by atoms with Gasteiger partial charge in [0.25, 0.3) is 0 Å². The van der Waals surface area contributed by atoms with Crippen LogP contribution in [-0.2, 0) is 19.2 Å². The van der Waals surface area contributed by atoms with Gasteiger partial charge in [-0.05, 0) is 38.5 Å². The van der Waals surface area contributed by atoms with Gasteiger partial charge < -0.3 is 0 Å². The fraction of sp³-hybridized carbons (Fsp3) is 0.778. The normalized spacial score (nSPS) is 26.4. The zero-order chi connectivity index (χ0) is 18.8. The van der Waals surface area contributed by atoms with Gasteiger partial charge in [0.15, 0.2) is 0 Å². The Bertz CT molecular complexity index is 548. The van der Waals surface area contributed by atoms with Crippen LogP contribution in [0.5, 0.6) is 0 Å². The minimum absolute atomic E-state index is 0.00958. The molecule has 0 spiro atoms. The quantitative estimate of drug-likeness (QED) is 0.747. The highest BCUT2D eigenvalue weighted by Crippen LogP contribution is 2.31. The predicted molar refractivity (Wildman–Crippen MR) is 93.0 cm³/mol. The number of hydrogen-bond acceptors (Lipinski definition) is 4. The fourth-order valence-electron chi connectivity index (χ4n) is 4.52. The highest BCUT2D eigenvalue weighted by atomic mass is 16.2. The van der Waals surface area contributed by atoms with Gasteiger partial charge in [0.1, 0.15) is 0 Å². The maximum absolute atomic E-state index is 12.2. The molecule has 4 amide bonds. The summed E-state index contributed by atoms with van der Waals surface area (Å²) >= 11 is 0. The number of carbonyl (C=O) groups is 4. The zero-order valence-electron chi connectivity index (χ0n) is 15.6. The summed E-state index contributed by atoms with van der Waals surface area (Å²) in [7, 11) is 0. The molecule has 2 saturated heterocycles. The Morgan fingerprint density at radius 3 is 1.35 bits per heavy atom. The van der Waals surface area contributed by atoms with Crippen molar-refractivity contribution in [1.29, 1.82) is 0 Å². The van der Waals surface area contributed by atoms with Crippen LogP contribution in [0.2, 0.25) is 0 Å². The summed E-state index contributed by atoms with van der Waals surface area (Å²) in [6, 6.07) is -0.0391. The van der Waals surface area contributed by atoms with Crippen molar-refractivity contribution in [2.24, 2.45) is 0 Å². The lowest BCUT2D eigenvalue weighted by molar-refractivity contribution is -0.171. The molecule has 0 bridgehead atoms.